The molecule has 4 heteroatoms. The van der Waals surface area contributed by atoms with Crippen molar-refractivity contribution < 1.29 is 19.4 Å². The highest BCUT2D eigenvalue weighted by molar-refractivity contribution is 5.78. The van der Waals surface area contributed by atoms with Crippen LogP contribution in [-0.4, -0.2) is 25.3 Å². The molecule has 20 heavy (non-hydrogen) atoms. The molecule has 0 saturated heterocycles. The number of carboxylic acids is 1. The van der Waals surface area contributed by atoms with Crippen molar-refractivity contribution in [3.63, 3.8) is 0 Å². The van der Waals surface area contributed by atoms with Gasteiger partial charge in [-0.2, -0.15) is 0 Å². The second-order valence-electron chi connectivity index (χ2n) is 4.31. The largest absolute Gasteiger partial charge is 0.496 e. The van der Waals surface area contributed by atoms with E-state index in [4.69, 9.17) is 14.6 Å². The van der Waals surface area contributed by atoms with Gasteiger partial charge in [0, 0.05) is 11.1 Å². The molecule has 2 rings (SSSR count). The molecule has 4 nitrogen and oxygen atoms in total. The zero-order valence-electron chi connectivity index (χ0n) is 11.4. The van der Waals surface area contributed by atoms with Crippen molar-refractivity contribution >= 4 is 5.97 Å². The highest BCUT2D eigenvalue weighted by Crippen LogP contribution is 2.36. The molecule has 2 aromatic carbocycles. The molecular formula is C16H16O4. The van der Waals surface area contributed by atoms with E-state index in [0.29, 0.717) is 5.75 Å². The Bertz CT molecular complexity index is 620. The van der Waals surface area contributed by atoms with E-state index in [1.54, 1.807) is 26.4 Å². The maximum absolute atomic E-state index is 10.8. The van der Waals surface area contributed by atoms with Gasteiger partial charge in [0.25, 0.3) is 0 Å². The number of carbonyl (C=O) groups is 1. The smallest absolute Gasteiger partial charge is 0.307 e. The Kier molecular flexibility index (Phi) is 4.25. The van der Waals surface area contributed by atoms with Crippen LogP contribution in [0.15, 0.2) is 42.5 Å². The minimum atomic E-state index is -0.860. The van der Waals surface area contributed by atoms with Gasteiger partial charge in [-0.3, -0.25) is 4.79 Å². The predicted octanol–water partition coefficient (Wildman–Crippen LogP) is 3.00. The van der Waals surface area contributed by atoms with Crippen LogP contribution in [0.3, 0.4) is 0 Å². The summed E-state index contributed by atoms with van der Waals surface area (Å²) < 4.78 is 10.7. The number of para-hydroxylation sites is 1. The van der Waals surface area contributed by atoms with Crippen LogP contribution in [0.25, 0.3) is 11.1 Å². The van der Waals surface area contributed by atoms with Crippen LogP contribution in [0.2, 0.25) is 0 Å². The maximum Gasteiger partial charge on any atom is 0.307 e. The number of methoxy groups -OCH3 is 2. The number of ether oxygens (including phenoxy) is 2. The number of benzene rings is 2. The van der Waals surface area contributed by atoms with E-state index in [-0.39, 0.29) is 6.42 Å². The lowest BCUT2D eigenvalue weighted by molar-refractivity contribution is -0.136. The average molecular weight is 272 g/mol. The summed E-state index contributed by atoms with van der Waals surface area (Å²) in [5.74, 6) is 0.544. The molecule has 0 spiro atoms. The zero-order chi connectivity index (χ0) is 14.5. The van der Waals surface area contributed by atoms with Gasteiger partial charge >= 0.3 is 5.97 Å². The van der Waals surface area contributed by atoms with Crippen molar-refractivity contribution in [2.45, 2.75) is 6.42 Å². The summed E-state index contributed by atoms with van der Waals surface area (Å²) in [7, 11) is 3.19. The molecule has 0 aliphatic rings. The van der Waals surface area contributed by atoms with Crippen molar-refractivity contribution in [3.05, 3.63) is 48.0 Å². The molecule has 0 heterocycles. The van der Waals surface area contributed by atoms with Crippen LogP contribution in [0.4, 0.5) is 0 Å². The van der Waals surface area contributed by atoms with E-state index in [1.165, 1.54) is 0 Å². The third-order valence-electron chi connectivity index (χ3n) is 3.02. The highest BCUT2D eigenvalue weighted by Gasteiger charge is 2.12. The highest BCUT2D eigenvalue weighted by atomic mass is 16.5. The quantitative estimate of drug-likeness (QED) is 0.909. The Morgan fingerprint density at radius 2 is 1.65 bits per heavy atom. The molecule has 0 amide bonds. The number of carboxylic acid groups (broad SMARTS) is 1. The first-order valence-corrected chi connectivity index (χ1v) is 6.17. The fraction of sp³-hybridized carbons (Fsp3) is 0.188. The van der Waals surface area contributed by atoms with Crippen LogP contribution < -0.4 is 9.47 Å². The Labute approximate surface area is 117 Å². The third-order valence-corrected chi connectivity index (χ3v) is 3.02. The Hall–Kier alpha value is -2.49. The number of aliphatic carboxylic acids is 1. The molecule has 0 saturated carbocycles. The lowest BCUT2D eigenvalue weighted by atomic mass is 9.99. The molecule has 104 valence electrons. The van der Waals surface area contributed by atoms with Crippen molar-refractivity contribution in [2.75, 3.05) is 14.2 Å². The van der Waals surface area contributed by atoms with Crippen LogP contribution in [0, 0.1) is 0 Å². The van der Waals surface area contributed by atoms with Crippen LogP contribution >= 0.6 is 0 Å². The Morgan fingerprint density at radius 1 is 1.00 bits per heavy atom. The lowest BCUT2D eigenvalue weighted by Gasteiger charge is -2.13. The second kappa shape index (κ2) is 6.10. The SMILES string of the molecule is COc1ccccc1-c1cc(CC(=O)O)ccc1OC. The normalized spacial score (nSPS) is 10.1. The maximum atomic E-state index is 10.8. The average Bonchev–Trinajstić information content (AvgIpc) is 2.46. The van der Waals surface area contributed by atoms with Gasteiger partial charge < -0.3 is 14.6 Å². The lowest BCUT2D eigenvalue weighted by Crippen LogP contribution is -2.01. The monoisotopic (exact) mass is 272 g/mol. The van der Waals surface area contributed by atoms with E-state index in [2.05, 4.69) is 0 Å². The van der Waals surface area contributed by atoms with E-state index in [0.717, 1.165) is 22.4 Å². The summed E-state index contributed by atoms with van der Waals surface area (Å²) in [6.07, 6.45) is -0.0217. The zero-order valence-corrected chi connectivity index (χ0v) is 11.4. The van der Waals surface area contributed by atoms with E-state index in [1.807, 2.05) is 30.3 Å². The minimum Gasteiger partial charge on any atom is -0.496 e. The molecule has 0 fully saturated rings. The number of rotatable bonds is 5. The van der Waals surface area contributed by atoms with Crippen molar-refractivity contribution in [1.29, 1.82) is 0 Å². The molecule has 0 aliphatic carbocycles. The summed E-state index contributed by atoms with van der Waals surface area (Å²) in [6, 6.07) is 12.9. The van der Waals surface area contributed by atoms with Gasteiger partial charge in [0.15, 0.2) is 0 Å². The summed E-state index contributed by atoms with van der Waals surface area (Å²) in [4.78, 5) is 10.8. The first kappa shape index (κ1) is 13.9. The number of hydrogen-bond acceptors (Lipinski definition) is 3. The van der Waals surface area contributed by atoms with Gasteiger partial charge in [-0.25, -0.2) is 0 Å². The van der Waals surface area contributed by atoms with Gasteiger partial charge in [0.1, 0.15) is 11.5 Å². The van der Waals surface area contributed by atoms with Gasteiger partial charge in [-0.15, -0.1) is 0 Å². The second-order valence-corrected chi connectivity index (χ2v) is 4.31. The van der Waals surface area contributed by atoms with E-state index < -0.39 is 5.97 Å². The molecular weight excluding hydrogens is 256 g/mol. The van der Waals surface area contributed by atoms with Gasteiger partial charge in [0.2, 0.25) is 0 Å². The summed E-state index contributed by atoms with van der Waals surface area (Å²) >= 11 is 0. The van der Waals surface area contributed by atoms with Gasteiger partial charge in [-0.1, -0.05) is 24.3 Å². The molecule has 0 bridgehead atoms. The summed E-state index contributed by atoms with van der Waals surface area (Å²) in [5, 5.41) is 8.90. The first-order chi connectivity index (χ1) is 9.65. The molecule has 0 aliphatic heterocycles. The van der Waals surface area contributed by atoms with Gasteiger partial charge in [0.05, 0.1) is 20.6 Å². The van der Waals surface area contributed by atoms with Crippen molar-refractivity contribution in [1.82, 2.24) is 0 Å². The molecule has 0 aromatic heterocycles. The van der Waals surface area contributed by atoms with Gasteiger partial charge in [-0.05, 0) is 23.8 Å². The van der Waals surface area contributed by atoms with Crippen LogP contribution in [-0.2, 0) is 11.2 Å². The topological polar surface area (TPSA) is 55.8 Å². The molecule has 0 radical (unpaired) electrons. The summed E-state index contributed by atoms with van der Waals surface area (Å²) in [5.41, 5.74) is 2.42. The third kappa shape index (κ3) is 2.91. The first-order valence-electron chi connectivity index (χ1n) is 6.17. The minimum absolute atomic E-state index is 0.0217. The Balaban J connectivity index is 2.55. The molecule has 0 atom stereocenters. The van der Waals surface area contributed by atoms with Crippen LogP contribution in [0.1, 0.15) is 5.56 Å². The molecule has 1 N–H and O–H groups in total. The van der Waals surface area contributed by atoms with E-state index in [9.17, 15) is 4.79 Å². The van der Waals surface area contributed by atoms with Crippen LogP contribution in [0.5, 0.6) is 11.5 Å². The predicted molar refractivity (Wildman–Crippen MR) is 76.3 cm³/mol. The molecule has 0 unspecified atom stereocenters. The van der Waals surface area contributed by atoms with Crippen molar-refractivity contribution in [3.8, 4) is 22.6 Å². The molecule has 2 aromatic rings. The van der Waals surface area contributed by atoms with E-state index >= 15 is 0 Å². The number of hydrogen-bond donors (Lipinski definition) is 1. The fourth-order valence-corrected chi connectivity index (χ4v) is 2.12. The van der Waals surface area contributed by atoms with Crippen molar-refractivity contribution in [2.24, 2.45) is 0 Å². The standard InChI is InChI=1S/C16H16O4/c1-19-14-6-4-3-5-12(14)13-9-11(10-16(17)18)7-8-15(13)20-2/h3-9H,10H2,1-2H3,(H,17,18). The fourth-order valence-electron chi connectivity index (χ4n) is 2.12. The Morgan fingerprint density at radius 3 is 2.30 bits per heavy atom. The summed E-state index contributed by atoms with van der Waals surface area (Å²) in [6.45, 7) is 0.